The van der Waals surface area contributed by atoms with Gasteiger partial charge in [-0.2, -0.15) is 4.39 Å². The average Bonchev–Trinajstić information content (AvgIpc) is 2.44. The van der Waals surface area contributed by atoms with Crippen LogP contribution in [0.25, 0.3) is 0 Å². The van der Waals surface area contributed by atoms with Gasteiger partial charge in [0.1, 0.15) is 12.2 Å². The summed E-state index contributed by atoms with van der Waals surface area (Å²) in [5.74, 6) is -2.75. The lowest BCUT2D eigenvalue weighted by molar-refractivity contribution is -0.135. The SMILES string of the molecule is O=C(O)CN(C(=O)c1cccc(F)n1)c1cccc(Cl)c1. The number of anilines is 1. The van der Waals surface area contributed by atoms with E-state index in [1.165, 1.54) is 24.3 Å². The third-order valence-electron chi connectivity index (χ3n) is 2.59. The molecule has 108 valence electrons. The van der Waals surface area contributed by atoms with Gasteiger partial charge in [0.2, 0.25) is 5.95 Å². The van der Waals surface area contributed by atoms with Crippen LogP contribution >= 0.6 is 11.6 Å². The van der Waals surface area contributed by atoms with E-state index in [1.807, 2.05) is 0 Å². The standard InChI is InChI=1S/C14H10ClFN2O3/c15-9-3-1-4-10(7-9)18(8-13(19)20)14(21)11-5-2-6-12(16)17-11/h1-7H,8H2,(H,19,20). The van der Waals surface area contributed by atoms with Gasteiger partial charge in [0.05, 0.1) is 0 Å². The van der Waals surface area contributed by atoms with Crippen LogP contribution in [0.2, 0.25) is 5.02 Å². The van der Waals surface area contributed by atoms with Gasteiger partial charge in [-0.05, 0) is 30.3 Å². The van der Waals surface area contributed by atoms with Crippen molar-refractivity contribution in [2.24, 2.45) is 0 Å². The normalized spacial score (nSPS) is 10.2. The summed E-state index contributed by atoms with van der Waals surface area (Å²) in [5, 5.41) is 9.29. The minimum absolute atomic E-state index is 0.184. The first kappa shape index (κ1) is 14.9. The number of carboxylic acid groups (broad SMARTS) is 1. The Bertz CT molecular complexity index is 693. The van der Waals surface area contributed by atoms with Gasteiger partial charge >= 0.3 is 5.97 Å². The summed E-state index contributed by atoms with van der Waals surface area (Å²) >= 11 is 5.84. The second-order valence-corrected chi connectivity index (χ2v) is 4.55. The van der Waals surface area contributed by atoms with Crippen molar-refractivity contribution in [3.05, 3.63) is 59.1 Å². The number of amides is 1. The molecule has 21 heavy (non-hydrogen) atoms. The second-order valence-electron chi connectivity index (χ2n) is 4.11. The number of nitrogens with zero attached hydrogens (tertiary/aromatic N) is 2. The van der Waals surface area contributed by atoms with E-state index in [4.69, 9.17) is 16.7 Å². The molecule has 0 saturated carbocycles. The summed E-state index contributed by atoms with van der Waals surface area (Å²) in [6, 6.07) is 9.89. The Kier molecular flexibility index (Phi) is 4.49. The molecule has 0 aliphatic rings. The number of carbonyl (C=O) groups is 2. The quantitative estimate of drug-likeness (QED) is 0.881. The van der Waals surface area contributed by atoms with E-state index in [-0.39, 0.29) is 5.69 Å². The van der Waals surface area contributed by atoms with Crippen LogP contribution < -0.4 is 4.90 Å². The largest absolute Gasteiger partial charge is 0.480 e. The summed E-state index contributed by atoms with van der Waals surface area (Å²) in [6.07, 6.45) is 0. The molecule has 0 fully saturated rings. The van der Waals surface area contributed by atoms with Crippen LogP contribution in [0.3, 0.4) is 0 Å². The molecule has 1 aromatic carbocycles. The molecule has 0 saturated heterocycles. The molecule has 0 bridgehead atoms. The molecule has 7 heteroatoms. The second kappa shape index (κ2) is 6.32. The van der Waals surface area contributed by atoms with Crippen molar-refractivity contribution in [1.82, 2.24) is 4.98 Å². The summed E-state index contributed by atoms with van der Waals surface area (Å²) in [7, 11) is 0. The molecule has 0 aliphatic carbocycles. The monoisotopic (exact) mass is 308 g/mol. The van der Waals surface area contributed by atoms with Crippen LogP contribution in [0.15, 0.2) is 42.5 Å². The van der Waals surface area contributed by atoms with Crippen molar-refractivity contribution in [2.75, 3.05) is 11.4 Å². The summed E-state index contributed by atoms with van der Waals surface area (Å²) in [6.45, 7) is -0.586. The maximum Gasteiger partial charge on any atom is 0.323 e. The Labute approximate surface area is 124 Å². The average molecular weight is 309 g/mol. The maximum atomic E-state index is 13.1. The zero-order valence-corrected chi connectivity index (χ0v) is 11.4. The topological polar surface area (TPSA) is 70.5 Å². The number of aliphatic carboxylic acids is 1. The fraction of sp³-hybridized carbons (Fsp3) is 0.0714. The Morgan fingerprint density at radius 2 is 1.95 bits per heavy atom. The van der Waals surface area contributed by atoms with Gasteiger partial charge in [-0.3, -0.25) is 14.5 Å². The van der Waals surface area contributed by atoms with Crippen molar-refractivity contribution < 1.29 is 19.1 Å². The maximum absolute atomic E-state index is 13.1. The molecule has 5 nitrogen and oxygen atoms in total. The molecule has 0 radical (unpaired) electrons. The Morgan fingerprint density at radius 1 is 1.24 bits per heavy atom. The molecule has 0 spiro atoms. The zero-order valence-electron chi connectivity index (χ0n) is 10.7. The van der Waals surface area contributed by atoms with Gasteiger partial charge in [0.15, 0.2) is 0 Å². The fourth-order valence-electron chi connectivity index (χ4n) is 1.73. The van der Waals surface area contributed by atoms with Crippen molar-refractivity contribution >= 4 is 29.2 Å². The molecule has 0 atom stereocenters. The first-order chi connectivity index (χ1) is 9.97. The number of hydrogen-bond donors (Lipinski definition) is 1. The van der Waals surface area contributed by atoms with E-state index in [2.05, 4.69) is 4.98 Å². The summed E-state index contributed by atoms with van der Waals surface area (Å²) < 4.78 is 13.1. The summed E-state index contributed by atoms with van der Waals surface area (Å²) in [5.41, 5.74) is 0.109. The molecule has 1 aromatic heterocycles. The van der Waals surface area contributed by atoms with E-state index >= 15 is 0 Å². The molecule has 0 aliphatic heterocycles. The fourth-order valence-corrected chi connectivity index (χ4v) is 1.91. The minimum Gasteiger partial charge on any atom is -0.480 e. The molecular formula is C14H10ClFN2O3. The van der Waals surface area contributed by atoms with Gasteiger partial charge in [0, 0.05) is 10.7 Å². The van der Waals surface area contributed by atoms with E-state index in [1.54, 1.807) is 12.1 Å². The lowest BCUT2D eigenvalue weighted by Crippen LogP contribution is -2.36. The highest BCUT2D eigenvalue weighted by molar-refractivity contribution is 6.31. The lowest BCUT2D eigenvalue weighted by Gasteiger charge is -2.20. The highest BCUT2D eigenvalue weighted by Gasteiger charge is 2.22. The zero-order chi connectivity index (χ0) is 15.4. The van der Waals surface area contributed by atoms with Crippen LogP contribution in [-0.2, 0) is 4.79 Å². The number of halogens is 2. The van der Waals surface area contributed by atoms with Crippen molar-refractivity contribution in [1.29, 1.82) is 0 Å². The van der Waals surface area contributed by atoms with Crippen molar-refractivity contribution in [3.63, 3.8) is 0 Å². The van der Waals surface area contributed by atoms with Crippen molar-refractivity contribution in [3.8, 4) is 0 Å². The Hall–Kier alpha value is -2.47. The minimum atomic E-state index is -1.21. The number of pyridine rings is 1. The first-order valence-electron chi connectivity index (χ1n) is 5.89. The smallest absolute Gasteiger partial charge is 0.323 e. The number of benzene rings is 1. The van der Waals surface area contributed by atoms with Gasteiger partial charge in [-0.25, -0.2) is 4.98 Å². The van der Waals surface area contributed by atoms with Crippen LogP contribution in [0.4, 0.5) is 10.1 Å². The predicted octanol–water partition coefficient (Wildman–Crippen LogP) is 2.61. The summed E-state index contributed by atoms with van der Waals surface area (Å²) in [4.78, 5) is 27.7. The molecule has 2 aromatic rings. The molecule has 2 rings (SSSR count). The molecule has 1 N–H and O–H groups in total. The number of carbonyl (C=O) groups excluding carboxylic acids is 1. The Balaban J connectivity index is 2.40. The van der Waals surface area contributed by atoms with Gasteiger partial charge in [-0.15, -0.1) is 0 Å². The number of aromatic nitrogens is 1. The number of rotatable bonds is 4. The van der Waals surface area contributed by atoms with Crippen molar-refractivity contribution in [2.45, 2.75) is 0 Å². The van der Waals surface area contributed by atoms with Crippen LogP contribution in [0, 0.1) is 5.95 Å². The van der Waals surface area contributed by atoms with Crippen LogP contribution in [0.1, 0.15) is 10.5 Å². The van der Waals surface area contributed by atoms with Crippen LogP contribution in [-0.4, -0.2) is 28.5 Å². The van der Waals surface area contributed by atoms with Crippen LogP contribution in [0.5, 0.6) is 0 Å². The third kappa shape index (κ3) is 3.76. The number of hydrogen-bond acceptors (Lipinski definition) is 3. The van der Waals surface area contributed by atoms with Gasteiger partial charge < -0.3 is 5.11 Å². The lowest BCUT2D eigenvalue weighted by atomic mass is 10.2. The highest BCUT2D eigenvalue weighted by atomic mass is 35.5. The van der Waals surface area contributed by atoms with E-state index in [0.29, 0.717) is 10.7 Å². The first-order valence-corrected chi connectivity index (χ1v) is 6.27. The van der Waals surface area contributed by atoms with E-state index in [9.17, 15) is 14.0 Å². The third-order valence-corrected chi connectivity index (χ3v) is 2.83. The predicted molar refractivity (Wildman–Crippen MR) is 75.0 cm³/mol. The van der Waals surface area contributed by atoms with Gasteiger partial charge in [-0.1, -0.05) is 23.7 Å². The molecule has 1 amide bonds. The van der Waals surface area contributed by atoms with Gasteiger partial charge in [0.25, 0.3) is 5.91 Å². The molecular weight excluding hydrogens is 299 g/mol. The Morgan fingerprint density at radius 3 is 2.57 bits per heavy atom. The molecule has 1 heterocycles. The highest BCUT2D eigenvalue weighted by Crippen LogP contribution is 2.21. The molecule has 0 unspecified atom stereocenters. The van der Waals surface area contributed by atoms with E-state index in [0.717, 1.165) is 11.0 Å². The number of carboxylic acids is 1. The van der Waals surface area contributed by atoms with E-state index < -0.39 is 24.4 Å².